The standard InChI is InChI=1S/C21H21ClN2O3S/c1-15(16-7-10-19(22)11-8-16)23-21(25)14-24(2)28(26,27)20-12-9-17-5-3-4-6-18(17)13-20/h3-13,15H,14H2,1-2H3,(H,23,25)/t15-/m1/s1. The van der Waals surface area contributed by atoms with E-state index in [0.717, 1.165) is 20.6 Å². The highest BCUT2D eigenvalue weighted by Gasteiger charge is 2.24. The van der Waals surface area contributed by atoms with Gasteiger partial charge in [-0.15, -0.1) is 0 Å². The third-order valence-electron chi connectivity index (χ3n) is 4.54. The van der Waals surface area contributed by atoms with E-state index in [0.29, 0.717) is 5.02 Å². The Kier molecular flexibility index (Phi) is 6.03. The van der Waals surface area contributed by atoms with Gasteiger partial charge in [-0.3, -0.25) is 4.79 Å². The van der Waals surface area contributed by atoms with Crippen LogP contribution in [-0.4, -0.2) is 32.2 Å². The number of halogens is 1. The predicted molar refractivity (Wildman–Crippen MR) is 112 cm³/mol. The van der Waals surface area contributed by atoms with Gasteiger partial charge in [0.2, 0.25) is 15.9 Å². The molecule has 0 radical (unpaired) electrons. The van der Waals surface area contributed by atoms with E-state index in [4.69, 9.17) is 11.6 Å². The maximum Gasteiger partial charge on any atom is 0.243 e. The van der Waals surface area contributed by atoms with Crippen LogP contribution in [-0.2, 0) is 14.8 Å². The Morgan fingerprint density at radius 1 is 1.04 bits per heavy atom. The Morgan fingerprint density at radius 2 is 1.68 bits per heavy atom. The van der Waals surface area contributed by atoms with E-state index in [1.54, 1.807) is 30.3 Å². The number of benzene rings is 3. The first-order valence-electron chi connectivity index (χ1n) is 8.77. The zero-order valence-corrected chi connectivity index (χ0v) is 17.2. The molecule has 5 nitrogen and oxygen atoms in total. The maximum absolute atomic E-state index is 12.8. The number of amides is 1. The molecule has 1 atom stereocenters. The molecule has 3 rings (SSSR count). The minimum atomic E-state index is -3.78. The van der Waals surface area contributed by atoms with Gasteiger partial charge in [0, 0.05) is 12.1 Å². The van der Waals surface area contributed by atoms with E-state index >= 15 is 0 Å². The van der Waals surface area contributed by atoms with Gasteiger partial charge >= 0.3 is 0 Å². The maximum atomic E-state index is 12.8. The monoisotopic (exact) mass is 416 g/mol. The second kappa shape index (κ2) is 8.31. The summed E-state index contributed by atoms with van der Waals surface area (Å²) in [6.45, 7) is 1.56. The van der Waals surface area contributed by atoms with E-state index in [1.165, 1.54) is 7.05 Å². The summed E-state index contributed by atoms with van der Waals surface area (Å²) in [5.41, 5.74) is 0.887. The number of likely N-dealkylation sites (N-methyl/N-ethyl adjacent to an activating group) is 1. The summed E-state index contributed by atoms with van der Waals surface area (Å²) in [5, 5.41) is 5.21. The summed E-state index contributed by atoms with van der Waals surface area (Å²) in [6.07, 6.45) is 0. The Hall–Kier alpha value is -2.41. The summed E-state index contributed by atoms with van der Waals surface area (Å²) < 4.78 is 26.7. The zero-order valence-electron chi connectivity index (χ0n) is 15.6. The minimum Gasteiger partial charge on any atom is -0.348 e. The molecule has 0 bridgehead atoms. The van der Waals surface area contributed by atoms with Crippen LogP contribution in [0.15, 0.2) is 71.6 Å². The fourth-order valence-corrected chi connectivity index (χ4v) is 4.21. The molecular formula is C21H21ClN2O3S. The van der Waals surface area contributed by atoms with Gasteiger partial charge in [0.25, 0.3) is 0 Å². The van der Waals surface area contributed by atoms with Crippen LogP contribution in [0.2, 0.25) is 5.02 Å². The molecule has 0 spiro atoms. The third-order valence-corrected chi connectivity index (χ3v) is 6.59. The smallest absolute Gasteiger partial charge is 0.243 e. The first-order valence-corrected chi connectivity index (χ1v) is 10.6. The largest absolute Gasteiger partial charge is 0.348 e. The van der Waals surface area contributed by atoms with E-state index < -0.39 is 10.0 Å². The number of rotatable bonds is 6. The van der Waals surface area contributed by atoms with Gasteiger partial charge < -0.3 is 5.32 Å². The quantitative estimate of drug-likeness (QED) is 0.660. The molecule has 146 valence electrons. The molecule has 0 heterocycles. The van der Waals surface area contributed by atoms with E-state index in [-0.39, 0.29) is 23.4 Å². The number of nitrogens with one attached hydrogen (secondary N) is 1. The summed E-state index contributed by atoms with van der Waals surface area (Å²) in [6, 6.07) is 19.3. The molecule has 1 N–H and O–H groups in total. The average molecular weight is 417 g/mol. The van der Waals surface area contributed by atoms with Crippen molar-refractivity contribution in [3.63, 3.8) is 0 Å². The fourth-order valence-electron chi connectivity index (χ4n) is 2.92. The molecule has 0 fully saturated rings. The van der Waals surface area contributed by atoms with Crippen molar-refractivity contribution in [3.8, 4) is 0 Å². The van der Waals surface area contributed by atoms with Crippen LogP contribution in [0.4, 0.5) is 0 Å². The van der Waals surface area contributed by atoms with Crippen LogP contribution in [0.1, 0.15) is 18.5 Å². The molecule has 0 aliphatic carbocycles. The van der Waals surface area contributed by atoms with Gasteiger partial charge in [0.05, 0.1) is 17.5 Å². The van der Waals surface area contributed by atoms with Gasteiger partial charge in [0.1, 0.15) is 0 Å². The molecule has 0 saturated carbocycles. The highest BCUT2D eigenvalue weighted by Crippen LogP contribution is 2.21. The van der Waals surface area contributed by atoms with Crippen LogP contribution < -0.4 is 5.32 Å². The van der Waals surface area contributed by atoms with Crippen molar-refractivity contribution >= 4 is 38.3 Å². The molecule has 0 aliphatic heterocycles. The normalized spacial score (nSPS) is 12.9. The van der Waals surface area contributed by atoms with Crippen molar-refractivity contribution in [2.45, 2.75) is 17.9 Å². The number of carbonyl (C=O) groups excluding carboxylic acids is 1. The summed E-state index contributed by atoms with van der Waals surface area (Å²) in [5.74, 6) is -0.380. The predicted octanol–water partition coefficient (Wildman–Crippen LogP) is 3.99. The van der Waals surface area contributed by atoms with Crippen LogP contribution >= 0.6 is 11.6 Å². The Labute approximate surface area is 170 Å². The number of hydrogen-bond donors (Lipinski definition) is 1. The molecule has 3 aromatic rings. The Morgan fingerprint density at radius 3 is 2.36 bits per heavy atom. The number of nitrogens with zero attached hydrogens (tertiary/aromatic N) is 1. The molecule has 0 aromatic heterocycles. The highest BCUT2D eigenvalue weighted by molar-refractivity contribution is 7.89. The first-order chi connectivity index (χ1) is 13.3. The molecular weight excluding hydrogens is 396 g/mol. The van der Waals surface area contributed by atoms with Crippen LogP contribution in [0.3, 0.4) is 0 Å². The molecule has 28 heavy (non-hydrogen) atoms. The van der Waals surface area contributed by atoms with E-state index in [2.05, 4.69) is 5.32 Å². The summed E-state index contributed by atoms with van der Waals surface area (Å²) in [4.78, 5) is 12.5. The number of hydrogen-bond acceptors (Lipinski definition) is 3. The van der Waals surface area contributed by atoms with Crippen molar-refractivity contribution < 1.29 is 13.2 Å². The molecule has 0 unspecified atom stereocenters. The van der Waals surface area contributed by atoms with Gasteiger partial charge in [-0.25, -0.2) is 8.42 Å². The lowest BCUT2D eigenvalue weighted by Gasteiger charge is -2.19. The Balaban J connectivity index is 1.70. The van der Waals surface area contributed by atoms with Crippen molar-refractivity contribution in [1.82, 2.24) is 9.62 Å². The Bertz CT molecular complexity index is 1100. The second-order valence-electron chi connectivity index (χ2n) is 6.61. The number of fused-ring (bicyclic) bond motifs is 1. The molecule has 0 aliphatic rings. The van der Waals surface area contributed by atoms with Gasteiger partial charge in [-0.2, -0.15) is 4.31 Å². The first kappa shape index (κ1) is 20.3. The van der Waals surface area contributed by atoms with Crippen molar-refractivity contribution in [2.75, 3.05) is 13.6 Å². The highest BCUT2D eigenvalue weighted by atomic mass is 35.5. The SMILES string of the molecule is C[C@@H](NC(=O)CN(C)S(=O)(=O)c1ccc2ccccc2c1)c1ccc(Cl)cc1. The van der Waals surface area contributed by atoms with Crippen molar-refractivity contribution in [2.24, 2.45) is 0 Å². The van der Waals surface area contributed by atoms with Crippen LogP contribution in [0.5, 0.6) is 0 Å². The van der Waals surface area contributed by atoms with E-state index in [1.807, 2.05) is 43.3 Å². The zero-order chi connectivity index (χ0) is 20.3. The van der Waals surface area contributed by atoms with Crippen molar-refractivity contribution in [3.05, 3.63) is 77.3 Å². The fraction of sp³-hybridized carbons (Fsp3) is 0.190. The van der Waals surface area contributed by atoms with Gasteiger partial charge in [-0.1, -0.05) is 54.1 Å². The average Bonchev–Trinajstić information content (AvgIpc) is 2.67. The lowest BCUT2D eigenvalue weighted by molar-refractivity contribution is -0.121. The second-order valence-corrected chi connectivity index (χ2v) is 9.09. The molecule has 1 amide bonds. The lowest BCUT2D eigenvalue weighted by Crippen LogP contribution is -2.39. The molecule has 0 saturated heterocycles. The lowest BCUT2D eigenvalue weighted by atomic mass is 10.1. The number of carbonyl (C=O) groups is 1. The third kappa shape index (κ3) is 4.52. The van der Waals surface area contributed by atoms with Gasteiger partial charge in [0.15, 0.2) is 0 Å². The number of sulfonamides is 1. The van der Waals surface area contributed by atoms with Crippen molar-refractivity contribution in [1.29, 1.82) is 0 Å². The molecule has 3 aromatic carbocycles. The summed E-state index contributed by atoms with van der Waals surface area (Å²) >= 11 is 5.87. The summed E-state index contributed by atoms with van der Waals surface area (Å²) in [7, 11) is -2.38. The topological polar surface area (TPSA) is 66.5 Å². The van der Waals surface area contributed by atoms with E-state index in [9.17, 15) is 13.2 Å². The van der Waals surface area contributed by atoms with Crippen LogP contribution in [0.25, 0.3) is 10.8 Å². The van der Waals surface area contributed by atoms with Crippen LogP contribution in [0, 0.1) is 0 Å². The molecule has 7 heteroatoms. The van der Waals surface area contributed by atoms with Gasteiger partial charge in [-0.05, 0) is 47.5 Å². The minimum absolute atomic E-state index is 0.159.